The number of rotatable bonds is 10. The zero-order chi connectivity index (χ0) is 35.1. The van der Waals surface area contributed by atoms with Gasteiger partial charge < -0.3 is 4.74 Å². The maximum Gasteiger partial charge on any atom is 0.137 e. The Labute approximate surface area is 296 Å². The Morgan fingerprint density at radius 1 is 0.620 bits per heavy atom. The Balaban J connectivity index is 1.34. The molecule has 0 saturated heterocycles. The van der Waals surface area contributed by atoms with Crippen molar-refractivity contribution < 1.29 is 4.74 Å². The smallest absolute Gasteiger partial charge is 0.137 e. The average Bonchev–Trinajstić information content (AvgIpc) is 3.64. The van der Waals surface area contributed by atoms with E-state index >= 15 is 0 Å². The molecular formula is C45H48N4O. The molecule has 254 valence electrons. The highest BCUT2D eigenvalue weighted by Crippen LogP contribution is 2.40. The zero-order valence-electron chi connectivity index (χ0n) is 30.8. The van der Waals surface area contributed by atoms with Crippen molar-refractivity contribution in [1.82, 2.24) is 19.3 Å². The molecule has 0 amide bonds. The van der Waals surface area contributed by atoms with E-state index in [1.54, 1.807) is 0 Å². The minimum Gasteiger partial charge on any atom is -0.457 e. The molecule has 0 radical (unpaired) electrons. The molecule has 5 nitrogen and oxygen atoms in total. The van der Waals surface area contributed by atoms with Gasteiger partial charge in [-0.25, -0.2) is 9.67 Å². The molecule has 0 atom stereocenters. The summed E-state index contributed by atoms with van der Waals surface area (Å²) in [7, 11) is 0. The van der Waals surface area contributed by atoms with E-state index in [9.17, 15) is 0 Å². The highest BCUT2D eigenvalue weighted by molar-refractivity contribution is 6.09. The minimum absolute atomic E-state index is 0.780. The third kappa shape index (κ3) is 5.79. The molecule has 0 aliphatic heterocycles. The van der Waals surface area contributed by atoms with Gasteiger partial charge in [-0.1, -0.05) is 51.0 Å². The molecule has 7 rings (SSSR count). The molecule has 5 heteroatoms. The van der Waals surface area contributed by atoms with Crippen LogP contribution >= 0.6 is 0 Å². The first-order chi connectivity index (χ1) is 24.2. The lowest BCUT2D eigenvalue weighted by molar-refractivity contribution is 0.482. The average molecular weight is 661 g/mol. The number of benzene rings is 4. The Hall–Kier alpha value is -5.16. The Morgan fingerprint density at radius 2 is 1.34 bits per heavy atom. The number of aromatic nitrogens is 4. The second kappa shape index (κ2) is 13.6. The van der Waals surface area contributed by atoms with Crippen molar-refractivity contribution in [2.75, 3.05) is 0 Å². The van der Waals surface area contributed by atoms with Crippen LogP contribution in [0.5, 0.6) is 11.5 Å². The van der Waals surface area contributed by atoms with E-state index in [-0.39, 0.29) is 0 Å². The first-order valence-electron chi connectivity index (χ1n) is 18.1. The van der Waals surface area contributed by atoms with E-state index in [1.807, 2.05) is 18.3 Å². The summed E-state index contributed by atoms with van der Waals surface area (Å²) < 4.78 is 11.1. The Kier molecular flexibility index (Phi) is 9.09. The molecule has 0 fully saturated rings. The van der Waals surface area contributed by atoms with Gasteiger partial charge in [0.15, 0.2) is 0 Å². The maximum atomic E-state index is 6.66. The molecule has 0 saturated carbocycles. The normalized spacial score (nSPS) is 11.6. The highest BCUT2D eigenvalue weighted by Gasteiger charge is 2.25. The van der Waals surface area contributed by atoms with Crippen LogP contribution < -0.4 is 4.74 Å². The summed E-state index contributed by atoms with van der Waals surface area (Å²) in [6, 6.07) is 27.5. The molecule has 0 N–H and O–H groups in total. The van der Waals surface area contributed by atoms with Crippen LogP contribution in [0.25, 0.3) is 44.4 Å². The molecule has 50 heavy (non-hydrogen) atoms. The number of aryl methyl sites for hydroxylation is 2. The maximum absolute atomic E-state index is 6.66. The van der Waals surface area contributed by atoms with E-state index in [0.29, 0.717) is 0 Å². The molecule has 3 heterocycles. The molecule has 3 aromatic heterocycles. The summed E-state index contributed by atoms with van der Waals surface area (Å²) in [5.74, 6) is 2.46. The van der Waals surface area contributed by atoms with Gasteiger partial charge in [0.2, 0.25) is 0 Å². The molecule has 4 aromatic carbocycles. The van der Waals surface area contributed by atoms with E-state index in [1.165, 1.54) is 66.7 Å². The summed E-state index contributed by atoms with van der Waals surface area (Å²) in [4.78, 5) is 4.75. The zero-order valence-corrected chi connectivity index (χ0v) is 30.8. The Morgan fingerprint density at radius 3 is 2.08 bits per heavy atom. The number of pyridine rings is 1. The van der Waals surface area contributed by atoms with Gasteiger partial charge in [-0.2, -0.15) is 5.10 Å². The van der Waals surface area contributed by atoms with Crippen molar-refractivity contribution in [1.29, 1.82) is 0 Å². The van der Waals surface area contributed by atoms with Crippen LogP contribution in [-0.4, -0.2) is 19.3 Å². The van der Waals surface area contributed by atoms with Gasteiger partial charge in [0, 0.05) is 34.7 Å². The Bertz CT molecular complexity index is 2340. The van der Waals surface area contributed by atoms with Crippen molar-refractivity contribution in [3.63, 3.8) is 0 Å². The van der Waals surface area contributed by atoms with Gasteiger partial charge in [0.05, 0.1) is 28.1 Å². The summed E-state index contributed by atoms with van der Waals surface area (Å²) in [6.45, 7) is 18.0. The molecule has 7 aromatic rings. The van der Waals surface area contributed by atoms with Crippen LogP contribution in [0, 0.1) is 41.5 Å². The summed E-state index contributed by atoms with van der Waals surface area (Å²) >= 11 is 0. The topological polar surface area (TPSA) is 44.9 Å². The monoisotopic (exact) mass is 660 g/mol. The van der Waals surface area contributed by atoms with Crippen LogP contribution in [-0.2, 0) is 12.8 Å². The fourth-order valence-electron chi connectivity index (χ4n) is 7.59. The lowest BCUT2D eigenvalue weighted by Crippen LogP contribution is -2.05. The van der Waals surface area contributed by atoms with Gasteiger partial charge in [0.25, 0.3) is 0 Å². The van der Waals surface area contributed by atoms with Crippen molar-refractivity contribution in [2.45, 2.75) is 87.5 Å². The summed E-state index contributed by atoms with van der Waals surface area (Å²) in [5.41, 5.74) is 16.4. The number of para-hydroxylation sites is 1. The van der Waals surface area contributed by atoms with Gasteiger partial charge in [0.1, 0.15) is 17.3 Å². The van der Waals surface area contributed by atoms with Crippen LogP contribution in [0.2, 0.25) is 0 Å². The SMILES string of the molecule is CCCCc1c(-c2c(C)c(C)c(C)c(C)c2C)c(CCC)nn1-c1cccc(Oc2ccc3c4ccccc4n(-c4cc(C)ccn4)c3c2)c1. The first-order valence-corrected chi connectivity index (χ1v) is 18.1. The standard InChI is InChI=1S/C45H48N4O/c1-9-11-19-41-45(44-32(7)30(5)29(4)31(6)33(44)8)39(15-10-2)47-49(41)34-16-14-17-35(26-34)50-36-21-22-38-37-18-12-13-20-40(37)48(42(38)27-36)43-25-28(3)23-24-46-43/h12-14,16-18,20-27H,9-11,15,19H2,1-8H3. The molecular weight excluding hydrogens is 613 g/mol. The lowest BCUT2D eigenvalue weighted by Gasteiger charge is -2.20. The molecule has 0 bridgehead atoms. The first kappa shape index (κ1) is 33.3. The van der Waals surface area contributed by atoms with Crippen LogP contribution in [0.15, 0.2) is 85.1 Å². The predicted molar refractivity (Wildman–Crippen MR) is 209 cm³/mol. The number of hydrogen-bond donors (Lipinski definition) is 0. The third-order valence-electron chi connectivity index (χ3n) is 10.6. The third-order valence-corrected chi connectivity index (χ3v) is 10.6. The van der Waals surface area contributed by atoms with Crippen molar-refractivity contribution in [2.24, 2.45) is 0 Å². The predicted octanol–water partition coefficient (Wildman–Crippen LogP) is 12.0. The number of unbranched alkanes of at least 4 members (excludes halogenated alkanes) is 1. The number of fused-ring (bicyclic) bond motifs is 3. The molecule has 0 aliphatic carbocycles. The molecule has 0 spiro atoms. The number of ether oxygens (including phenoxy) is 1. The summed E-state index contributed by atoms with van der Waals surface area (Å²) in [5, 5.41) is 7.75. The van der Waals surface area contributed by atoms with Gasteiger partial charge in [-0.3, -0.25) is 4.57 Å². The van der Waals surface area contributed by atoms with E-state index in [4.69, 9.17) is 14.8 Å². The van der Waals surface area contributed by atoms with Gasteiger partial charge in [-0.15, -0.1) is 0 Å². The van der Waals surface area contributed by atoms with Crippen LogP contribution in [0.3, 0.4) is 0 Å². The summed E-state index contributed by atoms with van der Waals surface area (Å²) in [6.07, 6.45) is 7.05. The van der Waals surface area contributed by atoms with Crippen molar-refractivity contribution in [3.8, 4) is 34.1 Å². The largest absolute Gasteiger partial charge is 0.457 e. The lowest BCUT2D eigenvalue weighted by atomic mass is 9.84. The van der Waals surface area contributed by atoms with Crippen molar-refractivity contribution >= 4 is 21.8 Å². The van der Waals surface area contributed by atoms with E-state index < -0.39 is 0 Å². The van der Waals surface area contributed by atoms with Crippen LogP contribution in [0.4, 0.5) is 0 Å². The van der Waals surface area contributed by atoms with Crippen LogP contribution in [0.1, 0.15) is 77.9 Å². The molecule has 0 unspecified atom stereocenters. The van der Waals surface area contributed by atoms with E-state index in [0.717, 1.165) is 66.1 Å². The van der Waals surface area contributed by atoms with E-state index in [2.05, 4.69) is 131 Å². The fourth-order valence-corrected chi connectivity index (χ4v) is 7.59. The quantitative estimate of drug-likeness (QED) is 0.147. The highest BCUT2D eigenvalue weighted by atomic mass is 16.5. The second-order valence-corrected chi connectivity index (χ2v) is 13.9. The van der Waals surface area contributed by atoms with Crippen molar-refractivity contribution in [3.05, 3.63) is 130 Å². The second-order valence-electron chi connectivity index (χ2n) is 13.9. The number of nitrogens with zero attached hydrogens (tertiary/aromatic N) is 4. The molecule has 0 aliphatic rings. The fraction of sp³-hybridized carbons (Fsp3) is 0.289. The minimum atomic E-state index is 0.780. The number of hydrogen-bond acceptors (Lipinski definition) is 3. The van der Waals surface area contributed by atoms with Gasteiger partial charge >= 0.3 is 0 Å². The van der Waals surface area contributed by atoms with Gasteiger partial charge in [-0.05, 0) is 142 Å².